The van der Waals surface area contributed by atoms with Crippen LogP contribution in [0.2, 0.25) is 0 Å². The Bertz CT molecular complexity index is 806. The maximum absolute atomic E-state index is 11.3. The molecule has 0 bridgehead atoms. The van der Waals surface area contributed by atoms with Gasteiger partial charge in [0, 0.05) is 20.3 Å². The summed E-state index contributed by atoms with van der Waals surface area (Å²) >= 11 is 0. The van der Waals surface area contributed by atoms with E-state index >= 15 is 0 Å². The number of nitrogens with zero attached hydrogens (tertiary/aromatic N) is 6. The summed E-state index contributed by atoms with van der Waals surface area (Å²) in [6.07, 6.45) is 4.18. The predicted octanol–water partition coefficient (Wildman–Crippen LogP) is 0.587. The molecule has 0 amide bonds. The Morgan fingerprint density at radius 2 is 2.10 bits per heavy atom. The van der Waals surface area contributed by atoms with Crippen LogP contribution in [-0.4, -0.2) is 40.6 Å². The number of carbonyl (C=O) groups is 1. The lowest BCUT2D eigenvalue weighted by Gasteiger charge is -2.06. The Morgan fingerprint density at radius 3 is 2.75 bits per heavy atom. The molecule has 0 fully saturated rings. The van der Waals surface area contributed by atoms with E-state index in [1.807, 2.05) is 0 Å². The van der Waals surface area contributed by atoms with Gasteiger partial charge in [0.05, 0.1) is 11.6 Å². The highest BCUT2D eigenvalue weighted by atomic mass is 16.5. The first kappa shape index (κ1) is 12.1. The van der Waals surface area contributed by atoms with E-state index in [1.54, 1.807) is 14.1 Å². The Morgan fingerprint density at radius 1 is 1.30 bits per heavy atom. The number of fused-ring (bicyclic) bond motifs is 1. The minimum Gasteiger partial charge on any atom is -0.477 e. The molecule has 0 unspecified atom stereocenters. The average Bonchev–Trinajstić information content (AvgIpc) is 2.97. The second-order valence-electron chi connectivity index (χ2n) is 4.11. The monoisotopic (exact) mass is 274 g/mol. The van der Waals surface area contributed by atoms with E-state index in [0.717, 1.165) is 0 Å². The lowest BCUT2D eigenvalue weighted by Crippen LogP contribution is -2.03. The number of carboxylic acids is 1. The number of aromatic carboxylic acids is 1. The van der Waals surface area contributed by atoms with E-state index in [4.69, 9.17) is 4.74 Å². The van der Waals surface area contributed by atoms with E-state index in [-0.39, 0.29) is 17.3 Å². The number of aromatic nitrogens is 6. The van der Waals surface area contributed by atoms with Gasteiger partial charge in [-0.05, 0) is 0 Å². The summed E-state index contributed by atoms with van der Waals surface area (Å²) in [6, 6.07) is 0.0614. The molecular formula is C11H10N6O3. The second kappa shape index (κ2) is 4.30. The lowest BCUT2D eigenvalue weighted by atomic mass is 10.2. The van der Waals surface area contributed by atoms with Gasteiger partial charge in [-0.25, -0.2) is 9.78 Å². The largest absolute Gasteiger partial charge is 0.477 e. The molecule has 3 heterocycles. The molecule has 3 aromatic rings. The van der Waals surface area contributed by atoms with Crippen molar-refractivity contribution in [2.45, 2.75) is 0 Å². The standard InChI is InChI=1S/C11H10N6O3/c1-16-5-13-11(15-16)20-8-6-4-14-17(2)9(6)12-3-7(8)10(18)19/h3-5H,1-2H3,(H,18,19). The number of carboxylic acid groups (broad SMARTS) is 1. The van der Waals surface area contributed by atoms with Crippen molar-refractivity contribution in [2.75, 3.05) is 0 Å². The normalized spacial score (nSPS) is 10.9. The Balaban J connectivity index is 2.19. The molecule has 0 atom stereocenters. The summed E-state index contributed by atoms with van der Waals surface area (Å²) in [5.41, 5.74) is 0.443. The predicted molar refractivity (Wildman–Crippen MR) is 66.5 cm³/mol. The third-order valence-corrected chi connectivity index (χ3v) is 2.71. The SMILES string of the molecule is Cn1cnc(Oc2c(C(=O)O)cnc3c2cnn3C)n1. The molecule has 0 aliphatic carbocycles. The Kier molecular flexibility index (Phi) is 2.60. The maximum Gasteiger partial charge on any atom is 0.341 e. The summed E-state index contributed by atoms with van der Waals surface area (Å²) in [4.78, 5) is 19.3. The van der Waals surface area contributed by atoms with Gasteiger partial charge in [-0.3, -0.25) is 9.36 Å². The number of aryl methyl sites for hydroxylation is 2. The number of pyridine rings is 1. The number of hydrogen-bond donors (Lipinski definition) is 1. The topological polar surface area (TPSA) is 108 Å². The first-order valence-corrected chi connectivity index (χ1v) is 5.63. The van der Waals surface area contributed by atoms with E-state index in [9.17, 15) is 9.90 Å². The third-order valence-electron chi connectivity index (χ3n) is 2.71. The molecule has 0 aromatic carbocycles. The van der Waals surface area contributed by atoms with Crippen molar-refractivity contribution in [2.24, 2.45) is 14.1 Å². The summed E-state index contributed by atoms with van der Waals surface area (Å²) in [7, 11) is 3.39. The van der Waals surface area contributed by atoms with Crippen molar-refractivity contribution in [3.05, 3.63) is 24.3 Å². The first-order valence-electron chi connectivity index (χ1n) is 5.63. The summed E-state index contributed by atoms with van der Waals surface area (Å²) < 4.78 is 8.48. The van der Waals surface area contributed by atoms with Crippen molar-refractivity contribution < 1.29 is 14.6 Å². The van der Waals surface area contributed by atoms with Crippen LogP contribution < -0.4 is 4.74 Å². The fourth-order valence-electron chi connectivity index (χ4n) is 1.79. The van der Waals surface area contributed by atoms with Gasteiger partial charge in [0.1, 0.15) is 11.9 Å². The molecule has 20 heavy (non-hydrogen) atoms. The molecule has 0 radical (unpaired) electrons. The summed E-state index contributed by atoms with van der Waals surface area (Å²) in [5, 5.41) is 17.7. The molecule has 3 aromatic heterocycles. The second-order valence-corrected chi connectivity index (χ2v) is 4.11. The molecule has 0 aliphatic rings. The molecule has 9 nitrogen and oxygen atoms in total. The van der Waals surface area contributed by atoms with E-state index < -0.39 is 5.97 Å². The van der Waals surface area contributed by atoms with Crippen molar-refractivity contribution in [1.82, 2.24) is 29.5 Å². The zero-order valence-corrected chi connectivity index (χ0v) is 10.7. The molecule has 0 spiro atoms. The van der Waals surface area contributed by atoms with Crippen LogP contribution in [0.25, 0.3) is 11.0 Å². The van der Waals surface area contributed by atoms with Crippen LogP contribution in [0.5, 0.6) is 11.8 Å². The minimum atomic E-state index is -1.14. The van der Waals surface area contributed by atoms with Crippen LogP contribution in [0, 0.1) is 0 Å². The minimum absolute atomic E-state index is 0.0614. The van der Waals surface area contributed by atoms with Gasteiger partial charge in [-0.15, -0.1) is 5.10 Å². The van der Waals surface area contributed by atoms with Gasteiger partial charge < -0.3 is 9.84 Å². The molecule has 3 rings (SSSR count). The molecule has 9 heteroatoms. The van der Waals surface area contributed by atoms with Crippen LogP contribution in [-0.2, 0) is 14.1 Å². The number of ether oxygens (including phenoxy) is 1. The zero-order valence-electron chi connectivity index (χ0n) is 10.7. The molecule has 0 saturated carbocycles. The highest BCUT2D eigenvalue weighted by Crippen LogP contribution is 2.30. The van der Waals surface area contributed by atoms with E-state index in [2.05, 4.69) is 20.2 Å². The highest BCUT2D eigenvalue weighted by Gasteiger charge is 2.20. The zero-order chi connectivity index (χ0) is 14.3. The van der Waals surface area contributed by atoms with Gasteiger partial charge in [-0.1, -0.05) is 0 Å². The lowest BCUT2D eigenvalue weighted by molar-refractivity contribution is 0.0694. The average molecular weight is 274 g/mol. The maximum atomic E-state index is 11.3. The molecule has 1 N–H and O–H groups in total. The van der Waals surface area contributed by atoms with Crippen LogP contribution in [0.4, 0.5) is 0 Å². The van der Waals surface area contributed by atoms with Gasteiger partial charge >= 0.3 is 12.0 Å². The van der Waals surface area contributed by atoms with Crippen LogP contribution >= 0.6 is 0 Å². The molecule has 0 saturated heterocycles. The quantitative estimate of drug-likeness (QED) is 0.744. The first-order chi connectivity index (χ1) is 9.56. The van der Waals surface area contributed by atoms with Gasteiger partial charge in [0.15, 0.2) is 11.4 Å². The Labute approximate surface area is 112 Å². The van der Waals surface area contributed by atoms with Crippen molar-refractivity contribution in [3.63, 3.8) is 0 Å². The summed E-state index contributed by atoms with van der Waals surface area (Å²) in [5.74, 6) is -1.02. The number of rotatable bonds is 3. The number of hydrogen-bond acceptors (Lipinski definition) is 6. The summed E-state index contributed by atoms with van der Waals surface area (Å²) in [6.45, 7) is 0. The third kappa shape index (κ3) is 1.85. The van der Waals surface area contributed by atoms with E-state index in [0.29, 0.717) is 11.0 Å². The van der Waals surface area contributed by atoms with Crippen molar-refractivity contribution in [3.8, 4) is 11.8 Å². The van der Waals surface area contributed by atoms with Gasteiger partial charge in [0.2, 0.25) is 0 Å². The molecule has 0 aliphatic heterocycles. The van der Waals surface area contributed by atoms with Crippen LogP contribution in [0.15, 0.2) is 18.7 Å². The fraction of sp³-hybridized carbons (Fsp3) is 0.182. The fourth-order valence-corrected chi connectivity index (χ4v) is 1.79. The van der Waals surface area contributed by atoms with Crippen LogP contribution in [0.3, 0.4) is 0 Å². The van der Waals surface area contributed by atoms with E-state index in [1.165, 1.54) is 28.1 Å². The van der Waals surface area contributed by atoms with Crippen LogP contribution in [0.1, 0.15) is 10.4 Å². The Hall–Kier alpha value is -2.97. The highest BCUT2D eigenvalue weighted by molar-refractivity contribution is 5.97. The van der Waals surface area contributed by atoms with Crippen molar-refractivity contribution in [1.29, 1.82) is 0 Å². The van der Waals surface area contributed by atoms with Gasteiger partial charge in [0.25, 0.3) is 0 Å². The molecule has 102 valence electrons. The van der Waals surface area contributed by atoms with Gasteiger partial charge in [-0.2, -0.15) is 10.1 Å². The van der Waals surface area contributed by atoms with Crippen molar-refractivity contribution >= 4 is 17.0 Å². The smallest absolute Gasteiger partial charge is 0.341 e. The molecular weight excluding hydrogens is 264 g/mol.